The summed E-state index contributed by atoms with van der Waals surface area (Å²) >= 11 is 5.68. The van der Waals surface area contributed by atoms with E-state index in [1.165, 1.54) is 4.90 Å². The average Bonchev–Trinajstić information content (AvgIpc) is 3.26. The molecular formula is C23H31N4O2S+. The molecule has 2 aromatic heterocycles. The minimum absolute atomic E-state index is 0.0691. The molecule has 0 radical (unpaired) electrons. The van der Waals surface area contributed by atoms with Crippen molar-refractivity contribution in [2.75, 3.05) is 26.2 Å². The zero-order valence-electron chi connectivity index (χ0n) is 18.0. The molecule has 0 atom stereocenters. The van der Waals surface area contributed by atoms with Crippen LogP contribution in [0.3, 0.4) is 0 Å². The van der Waals surface area contributed by atoms with E-state index in [0.29, 0.717) is 23.8 Å². The van der Waals surface area contributed by atoms with Gasteiger partial charge in [0.15, 0.2) is 5.11 Å². The highest BCUT2D eigenvalue weighted by molar-refractivity contribution is 7.80. The molecule has 6 nitrogen and oxygen atoms in total. The average molecular weight is 428 g/mol. The van der Waals surface area contributed by atoms with Gasteiger partial charge in [0.1, 0.15) is 5.76 Å². The Morgan fingerprint density at radius 1 is 1.23 bits per heavy atom. The first-order valence-electron chi connectivity index (χ1n) is 10.5. The molecule has 1 aromatic carbocycles. The molecular weight excluding hydrogens is 396 g/mol. The molecule has 0 aliphatic heterocycles. The minimum atomic E-state index is -0.0691. The molecule has 0 aliphatic carbocycles. The van der Waals surface area contributed by atoms with Crippen molar-refractivity contribution in [2.24, 2.45) is 0 Å². The summed E-state index contributed by atoms with van der Waals surface area (Å²) in [5, 5.41) is 4.94. The predicted octanol–water partition coefficient (Wildman–Crippen LogP) is 2.23. The number of aryl methyl sites for hydroxylation is 1. The Kier molecular flexibility index (Phi) is 7.65. The van der Waals surface area contributed by atoms with E-state index < -0.39 is 0 Å². The van der Waals surface area contributed by atoms with E-state index in [2.05, 4.69) is 42.0 Å². The number of furan rings is 1. The SMILES string of the molecule is CC[NH+](CC)CCN(Cc1cc2cc(C)ccc2[nH]c1=O)C(=S)NCc1ccco1. The molecule has 3 aromatic rings. The van der Waals surface area contributed by atoms with E-state index in [9.17, 15) is 4.79 Å². The first kappa shape index (κ1) is 22.1. The van der Waals surface area contributed by atoms with Crippen LogP contribution in [0.4, 0.5) is 0 Å². The molecule has 0 saturated carbocycles. The first-order chi connectivity index (χ1) is 14.5. The zero-order chi connectivity index (χ0) is 21.5. The third-order valence-electron chi connectivity index (χ3n) is 5.45. The van der Waals surface area contributed by atoms with Crippen molar-refractivity contribution in [2.45, 2.75) is 33.9 Å². The normalized spacial score (nSPS) is 11.2. The van der Waals surface area contributed by atoms with Crippen LogP contribution in [0.2, 0.25) is 0 Å². The zero-order valence-corrected chi connectivity index (χ0v) is 18.8. The number of thiocarbonyl (C=S) groups is 1. The van der Waals surface area contributed by atoms with Gasteiger partial charge in [-0.05, 0) is 68.7 Å². The summed E-state index contributed by atoms with van der Waals surface area (Å²) in [7, 11) is 0. The fourth-order valence-corrected chi connectivity index (χ4v) is 3.76. The molecule has 3 N–H and O–H groups in total. The lowest BCUT2D eigenvalue weighted by Crippen LogP contribution is -3.12. The number of quaternary nitrogens is 1. The molecule has 0 aliphatic rings. The third kappa shape index (κ3) is 5.70. The first-order valence-corrected chi connectivity index (χ1v) is 10.9. The van der Waals surface area contributed by atoms with Crippen LogP contribution in [0, 0.1) is 6.92 Å². The van der Waals surface area contributed by atoms with E-state index >= 15 is 0 Å². The van der Waals surface area contributed by atoms with Gasteiger partial charge in [0.05, 0.1) is 45.5 Å². The maximum atomic E-state index is 12.7. The Morgan fingerprint density at radius 2 is 2.03 bits per heavy atom. The summed E-state index contributed by atoms with van der Waals surface area (Å²) in [6, 6.07) is 11.8. The van der Waals surface area contributed by atoms with Gasteiger partial charge in [0.25, 0.3) is 5.56 Å². The number of H-pyrrole nitrogens is 1. The largest absolute Gasteiger partial charge is 0.467 e. The van der Waals surface area contributed by atoms with Gasteiger partial charge >= 0.3 is 0 Å². The van der Waals surface area contributed by atoms with Crippen LogP contribution >= 0.6 is 12.2 Å². The number of benzene rings is 1. The molecule has 2 heterocycles. The second-order valence-electron chi connectivity index (χ2n) is 7.58. The number of nitrogens with one attached hydrogen (secondary N) is 3. The van der Waals surface area contributed by atoms with Gasteiger partial charge in [0.2, 0.25) is 0 Å². The van der Waals surface area contributed by atoms with Crippen molar-refractivity contribution in [3.8, 4) is 0 Å². The van der Waals surface area contributed by atoms with Crippen molar-refractivity contribution in [1.82, 2.24) is 15.2 Å². The van der Waals surface area contributed by atoms with Crippen LogP contribution in [-0.4, -0.2) is 41.2 Å². The number of hydrogen-bond acceptors (Lipinski definition) is 3. The second kappa shape index (κ2) is 10.4. The fraction of sp³-hybridized carbons (Fsp3) is 0.391. The number of rotatable bonds is 9. The monoisotopic (exact) mass is 427 g/mol. The van der Waals surface area contributed by atoms with Crippen molar-refractivity contribution >= 4 is 28.2 Å². The number of fused-ring (bicyclic) bond motifs is 1. The van der Waals surface area contributed by atoms with Crippen LogP contribution in [-0.2, 0) is 13.1 Å². The highest BCUT2D eigenvalue weighted by atomic mass is 32.1. The third-order valence-corrected chi connectivity index (χ3v) is 5.86. The number of aromatic amines is 1. The Labute approximate surface area is 182 Å². The number of likely N-dealkylation sites (N-methyl/N-ethyl adjacent to an activating group) is 1. The lowest BCUT2D eigenvalue weighted by atomic mass is 10.1. The highest BCUT2D eigenvalue weighted by Crippen LogP contribution is 2.14. The van der Waals surface area contributed by atoms with Crippen molar-refractivity contribution in [1.29, 1.82) is 0 Å². The van der Waals surface area contributed by atoms with E-state index in [1.807, 2.05) is 30.3 Å². The molecule has 3 rings (SSSR count). The van der Waals surface area contributed by atoms with E-state index in [0.717, 1.165) is 48.4 Å². The molecule has 0 amide bonds. The molecule has 0 unspecified atom stereocenters. The molecule has 0 saturated heterocycles. The fourth-order valence-electron chi connectivity index (χ4n) is 3.53. The molecule has 7 heteroatoms. The lowest BCUT2D eigenvalue weighted by molar-refractivity contribution is -0.895. The molecule has 160 valence electrons. The summed E-state index contributed by atoms with van der Waals surface area (Å²) in [6.45, 7) is 11.3. The highest BCUT2D eigenvalue weighted by Gasteiger charge is 2.16. The summed E-state index contributed by atoms with van der Waals surface area (Å²) in [5.74, 6) is 0.825. The Bertz CT molecular complexity index is 1030. The minimum Gasteiger partial charge on any atom is -0.467 e. The Balaban J connectivity index is 1.79. The second-order valence-corrected chi connectivity index (χ2v) is 7.97. The van der Waals surface area contributed by atoms with Crippen LogP contribution in [0.5, 0.6) is 0 Å². The summed E-state index contributed by atoms with van der Waals surface area (Å²) in [6.07, 6.45) is 1.65. The summed E-state index contributed by atoms with van der Waals surface area (Å²) in [5.41, 5.74) is 2.66. The number of nitrogens with zero attached hydrogens (tertiary/aromatic N) is 1. The Morgan fingerprint density at radius 3 is 2.73 bits per heavy atom. The van der Waals surface area contributed by atoms with Crippen molar-refractivity contribution in [3.05, 3.63) is 69.9 Å². The Hall–Kier alpha value is -2.64. The topological polar surface area (TPSA) is 65.7 Å². The van der Waals surface area contributed by atoms with Crippen molar-refractivity contribution < 1.29 is 9.32 Å². The maximum absolute atomic E-state index is 12.7. The number of hydrogen-bond donors (Lipinski definition) is 3. The van der Waals surface area contributed by atoms with E-state index in [1.54, 1.807) is 6.26 Å². The van der Waals surface area contributed by atoms with Crippen LogP contribution in [0.15, 0.2) is 51.9 Å². The van der Waals surface area contributed by atoms with Crippen LogP contribution in [0.25, 0.3) is 10.9 Å². The van der Waals surface area contributed by atoms with Gasteiger partial charge in [0, 0.05) is 11.1 Å². The van der Waals surface area contributed by atoms with E-state index in [4.69, 9.17) is 16.6 Å². The van der Waals surface area contributed by atoms with Crippen LogP contribution < -0.4 is 15.8 Å². The molecule has 30 heavy (non-hydrogen) atoms. The van der Waals surface area contributed by atoms with Crippen molar-refractivity contribution in [3.63, 3.8) is 0 Å². The number of pyridine rings is 1. The summed E-state index contributed by atoms with van der Waals surface area (Å²) in [4.78, 5) is 19.3. The van der Waals surface area contributed by atoms with Gasteiger partial charge in [-0.25, -0.2) is 0 Å². The standard InChI is InChI=1S/C23H30N4O2S/c1-4-26(5-2)10-11-27(23(30)24-15-20-7-6-12-29-20)16-19-14-18-13-17(3)8-9-21(18)25-22(19)28/h6-9,12-14H,4-5,10-11,15-16H2,1-3H3,(H,24,30)(H,25,28)/p+1. The predicted molar refractivity (Wildman–Crippen MR) is 125 cm³/mol. The molecule has 0 bridgehead atoms. The smallest absolute Gasteiger partial charge is 0.253 e. The van der Waals surface area contributed by atoms with Gasteiger partial charge in [-0.3, -0.25) is 4.79 Å². The number of aromatic nitrogens is 1. The summed E-state index contributed by atoms with van der Waals surface area (Å²) < 4.78 is 5.39. The maximum Gasteiger partial charge on any atom is 0.253 e. The van der Waals surface area contributed by atoms with Gasteiger partial charge in [-0.15, -0.1) is 0 Å². The van der Waals surface area contributed by atoms with Gasteiger partial charge in [-0.2, -0.15) is 0 Å². The molecule has 0 spiro atoms. The quantitative estimate of drug-likeness (QED) is 0.457. The lowest BCUT2D eigenvalue weighted by Gasteiger charge is -2.27. The van der Waals surface area contributed by atoms with Gasteiger partial charge < -0.3 is 24.5 Å². The van der Waals surface area contributed by atoms with E-state index in [-0.39, 0.29) is 5.56 Å². The van der Waals surface area contributed by atoms with Gasteiger partial charge in [-0.1, -0.05) is 11.6 Å². The van der Waals surface area contributed by atoms with Crippen LogP contribution in [0.1, 0.15) is 30.7 Å². The molecule has 0 fully saturated rings.